The first-order chi connectivity index (χ1) is 14.1. The van der Waals surface area contributed by atoms with Crippen LogP contribution in [0.1, 0.15) is 11.3 Å². The van der Waals surface area contributed by atoms with Crippen molar-refractivity contribution >= 4 is 29.3 Å². The van der Waals surface area contributed by atoms with Crippen molar-refractivity contribution in [1.82, 2.24) is 10.1 Å². The van der Waals surface area contributed by atoms with Gasteiger partial charge in [0.1, 0.15) is 24.1 Å². The first-order valence-electron chi connectivity index (χ1n) is 9.06. The molecule has 1 atom stereocenters. The predicted molar refractivity (Wildman–Crippen MR) is 112 cm³/mol. The number of benzene rings is 2. The van der Waals surface area contributed by atoms with E-state index in [2.05, 4.69) is 5.16 Å². The Hall–Kier alpha value is -2.48. The summed E-state index contributed by atoms with van der Waals surface area (Å²) in [6.45, 7) is 0.876. The number of aliphatic carboxylic acids is 1. The Kier molecular flexibility index (Phi) is 6.08. The zero-order valence-corrected chi connectivity index (χ0v) is 17.0. The number of rotatable bonds is 7. The number of hydrogen-bond donors (Lipinski definition) is 1. The Morgan fingerprint density at radius 1 is 1.24 bits per heavy atom. The minimum absolute atomic E-state index is 0.268. The van der Waals surface area contributed by atoms with Crippen LogP contribution in [0.25, 0.3) is 11.3 Å². The van der Waals surface area contributed by atoms with Gasteiger partial charge in [-0.3, -0.25) is 9.69 Å². The van der Waals surface area contributed by atoms with Crippen molar-refractivity contribution in [3.8, 4) is 17.0 Å². The van der Waals surface area contributed by atoms with E-state index >= 15 is 0 Å². The molecule has 0 radical (unpaired) electrons. The van der Waals surface area contributed by atoms with Crippen LogP contribution in [0.4, 0.5) is 0 Å². The molecule has 1 saturated heterocycles. The monoisotopic (exact) mass is 430 g/mol. The molecule has 6 nitrogen and oxygen atoms in total. The summed E-state index contributed by atoms with van der Waals surface area (Å²) in [4.78, 5) is 13.3. The summed E-state index contributed by atoms with van der Waals surface area (Å²) in [5.41, 5.74) is 2.70. The van der Waals surface area contributed by atoms with E-state index in [0.29, 0.717) is 28.8 Å². The number of nitrogens with zero attached hydrogens (tertiary/aromatic N) is 2. The average Bonchev–Trinajstić information content (AvgIpc) is 3.38. The topological polar surface area (TPSA) is 75.8 Å². The van der Waals surface area contributed by atoms with E-state index < -0.39 is 12.0 Å². The molecule has 0 unspecified atom stereocenters. The number of carbonyl (C=O) groups is 1. The molecule has 1 aliphatic heterocycles. The smallest absolute Gasteiger partial charge is 0.321 e. The summed E-state index contributed by atoms with van der Waals surface area (Å²) in [6, 6.07) is 16.5. The summed E-state index contributed by atoms with van der Waals surface area (Å²) in [5, 5.41) is 14.0. The highest BCUT2D eigenvalue weighted by Gasteiger charge is 2.30. The molecular weight excluding hydrogens is 412 g/mol. The second-order valence-corrected chi connectivity index (χ2v) is 8.15. The minimum Gasteiger partial charge on any atom is -0.486 e. The molecule has 150 valence electrons. The summed E-state index contributed by atoms with van der Waals surface area (Å²) >= 11 is 7.55. The maximum absolute atomic E-state index is 11.3. The lowest BCUT2D eigenvalue weighted by Gasteiger charge is -2.20. The van der Waals surface area contributed by atoms with E-state index in [-0.39, 0.29) is 6.61 Å². The summed E-state index contributed by atoms with van der Waals surface area (Å²) in [5.74, 6) is 1.93. The van der Waals surface area contributed by atoms with Crippen LogP contribution in [0, 0.1) is 0 Å². The van der Waals surface area contributed by atoms with Gasteiger partial charge in [0.05, 0.1) is 0 Å². The zero-order chi connectivity index (χ0) is 20.2. The fraction of sp³-hybridized carbons (Fsp3) is 0.238. The number of aromatic nitrogens is 1. The molecule has 0 amide bonds. The fourth-order valence-corrected chi connectivity index (χ4v) is 4.39. The molecule has 1 aromatic heterocycles. The molecule has 0 aliphatic carbocycles. The average molecular weight is 431 g/mol. The number of carboxylic acids is 1. The van der Waals surface area contributed by atoms with Gasteiger partial charge in [0.15, 0.2) is 5.76 Å². The van der Waals surface area contributed by atoms with Gasteiger partial charge >= 0.3 is 5.97 Å². The second kappa shape index (κ2) is 8.90. The van der Waals surface area contributed by atoms with Crippen LogP contribution in [0.5, 0.6) is 5.75 Å². The van der Waals surface area contributed by atoms with Crippen molar-refractivity contribution in [2.24, 2.45) is 0 Å². The van der Waals surface area contributed by atoms with Gasteiger partial charge in [-0.1, -0.05) is 41.0 Å². The van der Waals surface area contributed by atoms with Gasteiger partial charge in [-0.05, 0) is 29.8 Å². The van der Waals surface area contributed by atoms with Crippen molar-refractivity contribution in [1.29, 1.82) is 0 Å². The van der Waals surface area contributed by atoms with Crippen LogP contribution >= 0.6 is 23.4 Å². The SMILES string of the molecule is O=C(O)[C@@H]1CSCN1Cc1ccc(OCc2cc(-c3ccc(Cl)cc3)no2)cc1. The Morgan fingerprint density at radius 2 is 2.00 bits per heavy atom. The third kappa shape index (κ3) is 4.93. The summed E-state index contributed by atoms with van der Waals surface area (Å²) < 4.78 is 11.1. The molecule has 1 N–H and O–H groups in total. The Bertz CT molecular complexity index is 975. The number of ether oxygens (including phenoxy) is 1. The van der Waals surface area contributed by atoms with Gasteiger partial charge in [0.2, 0.25) is 0 Å². The van der Waals surface area contributed by atoms with Gasteiger partial charge < -0.3 is 14.4 Å². The van der Waals surface area contributed by atoms with Gasteiger partial charge in [0.25, 0.3) is 0 Å². The standard InChI is InChI=1S/C21H19ClN2O4S/c22-16-5-3-15(4-6-16)19-9-18(28-23-19)11-27-17-7-1-14(2-8-17)10-24-13-29-12-20(24)21(25)26/h1-9,20H,10-13H2,(H,25,26)/t20-/m0/s1. The van der Waals surface area contributed by atoms with Gasteiger partial charge in [-0.2, -0.15) is 0 Å². The predicted octanol–water partition coefficient (Wildman–Crippen LogP) is 4.53. The first-order valence-corrected chi connectivity index (χ1v) is 10.6. The van der Waals surface area contributed by atoms with Crippen LogP contribution in [0.3, 0.4) is 0 Å². The van der Waals surface area contributed by atoms with Crippen LogP contribution in [-0.2, 0) is 17.9 Å². The molecule has 0 bridgehead atoms. The van der Waals surface area contributed by atoms with Crippen LogP contribution < -0.4 is 4.74 Å². The lowest BCUT2D eigenvalue weighted by Crippen LogP contribution is -2.37. The van der Waals surface area contributed by atoms with Crippen molar-refractivity contribution in [3.63, 3.8) is 0 Å². The van der Waals surface area contributed by atoms with E-state index in [0.717, 1.165) is 22.7 Å². The van der Waals surface area contributed by atoms with Gasteiger partial charge in [-0.15, -0.1) is 11.8 Å². The lowest BCUT2D eigenvalue weighted by molar-refractivity contribution is -0.141. The lowest BCUT2D eigenvalue weighted by atomic mass is 10.1. The highest BCUT2D eigenvalue weighted by atomic mass is 35.5. The van der Waals surface area contributed by atoms with Crippen LogP contribution in [0.15, 0.2) is 59.1 Å². The van der Waals surface area contributed by atoms with E-state index in [1.165, 1.54) is 0 Å². The third-order valence-electron chi connectivity index (χ3n) is 4.65. The van der Waals surface area contributed by atoms with Gasteiger partial charge in [-0.25, -0.2) is 0 Å². The van der Waals surface area contributed by atoms with Crippen molar-refractivity contribution in [2.75, 3.05) is 11.6 Å². The molecule has 8 heteroatoms. The maximum Gasteiger partial charge on any atom is 0.321 e. The van der Waals surface area contributed by atoms with E-state index in [1.807, 2.05) is 59.5 Å². The van der Waals surface area contributed by atoms with Crippen molar-refractivity contribution < 1.29 is 19.2 Å². The van der Waals surface area contributed by atoms with E-state index in [1.54, 1.807) is 11.8 Å². The van der Waals surface area contributed by atoms with E-state index in [9.17, 15) is 9.90 Å². The number of halogens is 1. The highest BCUT2D eigenvalue weighted by Crippen LogP contribution is 2.25. The number of hydrogen-bond acceptors (Lipinski definition) is 6. The summed E-state index contributed by atoms with van der Waals surface area (Å²) in [7, 11) is 0. The molecule has 0 saturated carbocycles. The normalized spacial score (nSPS) is 16.8. The van der Waals surface area contributed by atoms with Crippen molar-refractivity contribution in [3.05, 3.63) is 70.9 Å². The van der Waals surface area contributed by atoms with E-state index in [4.69, 9.17) is 20.9 Å². The molecule has 29 heavy (non-hydrogen) atoms. The quantitative estimate of drug-likeness (QED) is 0.589. The largest absolute Gasteiger partial charge is 0.486 e. The van der Waals surface area contributed by atoms with Crippen LogP contribution in [0.2, 0.25) is 5.02 Å². The summed E-state index contributed by atoms with van der Waals surface area (Å²) in [6.07, 6.45) is 0. The zero-order valence-electron chi connectivity index (χ0n) is 15.5. The molecule has 2 aromatic carbocycles. The molecule has 1 fully saturated rings. The molecular formula is C21H19ClN2O4S. The van der Waals surface area contributed by atoms with Crippen molar-refractivity contribution in [2.45, 2.75) is 19.2 Å². The Balaban J connectivity index is 1.33. The Morgan fingerprint density at radius 3 is 2.72 bits per heavy atom. The number of thioether (sulfide) groups is 1. The molecule has 0 spiro atoms. The van der Waals surface area contributed by atoms with Gasteiger partial charge in [0, 0.05) is 34.8 Å². The highest BCUT2D eigenvalue weighted by molar-refractivity contribution is 7.99. The fourth-order valence-electron chi connectivity index (χ4n) is 3.08. The number of carboxylic acid groups (broad SMARTS) is 1. The maximum atomic E-state index is 11.3. The molecule has 3 aromatic rings. The molecule has 4 rings (SSSR count). The molecule has 2 heterocycles. The minimum atomic E-state index is -0.764. The second-order valence-electron chi connectivity index (χ2n) is 6.72. The first kappa shape index (κ1) is 19.8. The molecule has 1 aliphatic rings. The third-order valence-corrected chi connectivity index (χ3v) is 5.97. The van der Waals surface area contributed by atoms with Crippen LogP contribution in [-0.4, -0.2) is 38.8 Å². The Labute approximate surface area is 177 Å².